The fourth-order valence-corrected chi connectivity index (χ4v) is 9.05. The van der Waals surface area contributed by atoms with E-state index in [1.54, 1.807) is 24.3 Å². The number of hydrogen-bond acceptors (Lipinski definition) is 4. The second-order valence-corrected chi connectivity index (χ2v) is 19.8. The van der Waals surface area contributed by atoms with Crippen LogP contribution in [0, 0.1) is 23.7 Å². The second kappa shape index (κ2) is 39.5. The molecule has 0 spiro atoms. The lowest BCUT2D eigenvalue weighted by Gasteiger charge is -2.23. The lowest BCUT2D eigenvalue weighted by Crippen LogP contribution is -2.45. The van der Waals surface area contributed by atoms with Crippen molar-refractivity contribution in [1.29, 1.82) is 0 Å². The molecule has 0 aliphatic heterocycles. The molecule has 8 heteroatoms. The molecule has 0 saturated carbocycles. The van der Waals surface area contributed by atoms with E-state index in [4.69, 9.17) is 5.73 Å². The minimum atomic E-state index is -3.88. The number of anilines is 1. The van der Waals surface area contributed by atoms with Crippen LogP contribution in [-0.4, -0.2) is 27.0 Å². The fraction of sp³-hybridized carbons (Fsp3) is 0.860. The van der Waals surface area contributed by atoms with Crippen molar-refractivity contribution >= 4 is 21.9 Å². The van der Waals surface area contributed by atoms with Crippen LogP contribution in [0.25, 0.3) is 0 Å². The van der Waals surface area contributed by atoms with Crippen molar-refractivity contribution in [2.24, 2.45) is 29.4 Å². The smallest absolute Gasteiger partial charge is 0.330 e. The largest absolute Gasteiger partial charge is 0.333 e. The van der Waals surface area contributed by atoms with Crippen LogP contribution in [0.1, 0.15) is 241 Å². The summed E-state index contributed by atoms with van der Waals surface area (Å²) >= 11 is 0. The number of carbonyl (C=O) groups is 1. The van der Waals surface area contributed by atoms with Gasteiger partial charge in [0.2, 0.25) is 0 Å². The number of nitrogens with two attached hydrogens (primary N) is 1. The highest BCUT2D eigenvalue weighted by Crippen LogP contribution is 2.27. The number of nitrogens with one attached hydrogen (secondary N) is 3. The van der Waals surface area contributed by atoms with Gasteiger partial charge in [0.25, 0.3) is 0 Å². The average molecular weight is 835 g/mol. The van der Waals surface area contributed by atoms with Crippen molar-refractivity contribution in [2.75, 3.05) is 11.9 Å². The van der Waals surface area contributed by atoms with Crippen molar-refractivity contribution in [3.8, 4) is 0 Å². The van der Waals surface area contributed by atoms with Crippen LogP contribution in [-0.2, 0) is 10.2 Å². The summed E-state index contributed by atoms with van der Waals surface area (Å²) in [4.78, 5) is 11.9. The van der Waals surface area contributed by atoms with Gasteiger partial charge in [0, 0.05) is 11.7 Å². The topological polar surface area (TPSA) is 113 Å². The second-order valence-electron chi connectivity index (χ2n) is 18.3. The number of carbonyl (C=O) groups excluding carboxylic acids is 1. The van der Waals surface area contributed by atoms with Crippen LogP contribution in [0.4, 0.5) is 10.5 Å². The molecule has 1 rings (SSSR count). The Balaban J connectivity index is 0.00000117. The van der Waals surface area contributed by atoms with Gasteiger partial charge >= 0.3 is 16.2 Å². The molecule has 0 bridgehead atoms. The number of amides is 2. The molecule has 1 aromatic carbocycles. The number of rotatable bonds is 38. The monoisotopic (exact) mass is 835 g/mol. The van der Waals surface area contributed by atoms with Crippen molar-refractivity contribution < 1.29 is 13.2 Å². The molecule has 5 N–H and O–H groups in total. The predicted molar refractivity (Wildman–Crippen MR) is 256 cm³/mol. The van der Waals surface area contributed by atoms with Crippen LogP contribution >= 0.6 is 0 Å². The van der Waals surface area contributed by atoms with Crippen molar-refractivity contribution in [1.82, 2.24) is 9.44 Å². The maximum absolute atomic E-state index is 12.1. The van der Waals surface area contributed by atoms with E-state index in [1.807, 2.05) is 17.7 Å². The van der Waals surface area contributed by atoms with Crippen LogP contribution in [0.3, 0.4) is 0 Å². The maximum Gasteiger partial charge on any atom is 0.333 e. The van der Waals surface area contributed by atoms with E-state index in [0.29, 0.717) is 5.69 Å². The Bertz CT molecular complexity index is 1130. The van der Waals surface area contributed by atoms with E-state index in [2.05, 4.69) is 51.6 Å². The Morgan fingerprint density at radius 1 is 0.517 bits per heavy atom. The molecular weight excluding hydrogens is 737 g/mol. The number of para-hydroxylation sites is 1. The van der Waals surface area contributed by atoms with E-state index < -0.39 is 16.2 Å². The van der Waals surface area contributed by atoms with E-state index in [1.165, 1.54) is 173 Å². The van der Waals surface area contributed by atoms with Gasteiger partial charge in [0.1, 0.15) is 0 Å². The Labute approximate surface area is 362 Å². The van der Waals surface area contributed by atoms with E-state index in [0.717, 1.165) is 49.5 Å². The molecule has 0 heterocycles. The minimum Gasteiger partial charge on any atom is -0.330 e. The van der Waals surface area contributed by atoms with Crippen molar-refractivity contribution in [3.63, 3.8) is 0 Å². The van der Waals surface area contributed by atoms with E-state index in [9.17, 15) is 13.2 Å². The molecule has 342 valence electrons. The first-order valence-corrected chi connectivity index (χ1v) is 26.3. The molecule has 0 aliphatic carbocycles. The van der Waals surface area contributed by atoms with Gasteiger partial charge in [-0.25, -0.2) is 9.52 Å². The molecule has 0 aliphatic rings. The lowest BCUT2D eigenvalue weighted by molar-refractivity contribution is 0.256. The van der Waals surface area contributed by atoms with Crippen LogP contribution < -0.4 is 20.5 Å². The van der Waals surface area contributed by atoms with Gasteiger partial charge in [0.05, 0.1) is 0 Å². The molecule has 0 fully saturated rings. The third-order valence-corrected chi connectivity index (χ3v) is 13.3. The highest BCUT2D eigenvalue weighted by atomic mass is 32.2. The van der Waals surface area contributed by atoms with E-state index in [-0.39, 0.29) is 6.04 Å². The Morgan fingerprint density at radius 3 is 1.28 bits per heavy atom. The molecule has 7 nitrogen and oxygen atoms in total. The van der Waals surface area contributed by atoms with Gasteiger partial charge in [-0.3, -0.25) is 0 Å². The zero-order valence-corrected chi connectivity index (χ0v) is 40.2. The summed E-state index contributed by atoms with van der Waals surface area (Å²) in [5, 5.41) is 2.50. The molecule has 0 radical (unpaired) electrons. The molecule has 1 aromatic rings. The third kappa shape index (κ3) is 36.2. The van der Waals surface area contributed by atoms with Crippen molar-refractivity contribution in [3.05, 3.63) is 30.3 Å². The SMILES string of the molecule is CCCCCCCCCCCCC(CCCC(CN)C(C)C)C(C)C.CCCCCCCCCCCCCCCCCC(C)NS(=O)(=O)NC(=O)Nc1ccccc1. The van der Waals surface area contributed by atoms with Gasteiger partial charge in [-0.05, 0) is 62.1 Å². The molecule has 3 atom stereocenters. The molecular formula is C50H98N4O3S. The Kier molecular flexibility index (Phi) is 38.4. The van der Waals surface area contributed by atoms with Gasteiger partial charge in [0.15, 0.2) is 0 Å². The third-order valence-electron chi connectivity index (χ3n) is 12.1. The Hall–Kier alpha value is -1.64. The minimum absolute atomic E-state index is 0.214. The first-order valence-electron chi connectivity index (χ1n) is 24.8. The number of urea groups is 1. The summed E-state index contributed by atoms with van der Waals surface area (Å²) in [6, 6.07) is 7.75. The first kappa shape index (κ1) is 56.4. The number of unbranched alkanes of at least 4 members (excludes halogenated alkanes) is 23. The predicted octanol–water partition coefficient (Wildman–Crippen LogP) is 15.3. The fourth-order valence-electron chi connectivity index (χ4n) is 8.05. The molecule has 0 aromatic heterocycles. The summed E-state index contributed by atoms with van der Waals surface area (Å²) < 4.78 is 28.8. The summed E-state index contributed by atoms with van der Waals surface area (Å²) in [5.41, 5.74) is 6.46. The van der Waals surface area contributed by atoms with Crippen LogP contribution in [0.5, 0.6) is 0 Å². The Morgan fingerprint density at radius 2 is 0.879 bits per heavy atom. The molecule has 2 amide bonds. The summed E-state index contributed by atoms with van der Waals surface area (Å²) in [5.74, 6) is 3.24. The normalized spacial score (nSPS) is 13.3. The van der Waals surface area contributed by atoms with Crippen LogP contribution in [0.2, 0.25) is 0 Å². The van der Waals surface area contributed by atoms with E-state index >= 15 is 0 Å². The zero-order chi connectivity index (χ0) is 43.1. The van der Waals surface area contributed by atoms with Gasteiger partial charge in [-0.2, -0.15) is 13.1 Å². The zero-order valence-electron chi connectivity index (χ0n) is 39.4. The molecule has 3 unspecified atom stereocenters. The van der Waals surface area contributed by atoms with Crippen LogP contribution in [0.15, 0.2) is 30.3 Å². The average Bonchev–Trinajstić information content (AvgIpc) is 3.17. The highest BCUT2D eigenvalue weighted by molar-refractivity contribution is 7.88. The quantitative estimate of drug-likeness (QED) is 0.0497. The number of hydrogen-bond donors (Lipinski definition) is 4. The van der Waals surface area contributed by atoms with Gasteiger partial charge in [-0.1, -0.05) is 240 Å². The molecule has 0 saturated heterocycles. The molecule has 58 heavy (non-hydrogen) atoms. The van der Waals surface area contributed by atoms with Gasteiger partial charge in [-0.15, -0.1) is 0 Å². The van der Waals surface area contributed by atoms with Crippen molar-refractivity contribution in [2.45, 2.75) is 247 Å². The standard InChI is InChI=1S/C26H47N3O3S.C24H51N/c1-3-4-5-6-7-8-9-10-11-12-13-14-15-16-18-21-24(2)28-33(31,32)29-26(30)27-25-22-19-17-20-23-25;1-6-7-8-9-10-11-12-13-14-15-17-23(21(2)3)18-16-19-24(20-25)22(4)5/h17,19-20,22-24,28H,3-16,18,21H2,1-2H3,(H2,27,29,30);21-24H,6-20,25H2,1-5H3. The lowest BCUT2D eigenvalue weighted by atomic mass is 9.83. The maximum atomic E-state index is 12.1. The number of benzene rings is 1. The van der Waals surface area contributed by atoms with Gasteiger partial charge < -0.3 is 11.1 Å². The highest BCUT2D eigenvalue weighted by Gasteiger charge is 2.18. The summed E-state index contributed by atoms with van der Waals surface area (Å²) in [7, 11) is -3.88. The summed E-state index contributed by atoms with van der Waals surface area (Å²) in [6.07, 6.45) is 40.5. The first-order chi connectivity index (χ1) is 27.9. The summed E-state index contributed by atoms with van der Waals surface area (Å²) in [6.45, 7) is 16.7.